The van der Waals surface area contributed by atoms with E-state index in [0.29, 0.717) is 11.9 Å². The van der Waals surface area contributed by atoms with Crippen LogP contribution < -0.4 is 5.32 Å². The van der Waals surface area contributed by atoms with Gasteiger partial charge in [0, 0.05) is 12.1 Å². The molecule has 146 valence electrons. The molecule has 13 heteroatoms. The van der Waals surface area contributed by atoms with Crippen molar-refractivity contribution in [3.8, 4) is 10.7 Å². The molecule has 2 heterocycles. The molecular weight excluding hydrogens is 419 g/mol. The Balaban J connectivity index is 1.67. The van der Waals surface area contributed by atoms with Crippen LogP contribution in [-0.2, 0) is 11.0 Å². The average Bonchev–Trinajstić information content (AvgIpc) is 3.30. The molecule has 0 bridgehead atoms. The van der Waals surface area contributed by atoms with E-state index in [0.717, 1.165) is 28.8 Å². The highest BCUT2D eigenvalue weighted by molar-refractivity contribution is 7.99. The molecule has 0 fully saturated rings. The Morgan fingerprint density at radius 2 is 2.14 bits per heavy atom. The van der Waals surface area contributed by atoms with E-state index in [1.54, 1.807) is 0 Å². The van der Waals surface area contributed by atoms with Crippen LogP contribution in [0.15, 0.2) is 40.9 Å². The number of hydrogen-bond donors (Lipinski definition) is 2. The Bertz CT molecular complexity index is 1000. The van der Waals surface area contributed by atoms with Gasteiger partial charge >= 0.3 is 6.18 Å². The average molecular weight is 429 g/mol. The smallest absolute Gasteiger partial charge is 0.325 e. The van der Waals surface area contributed by atoms with E-state index in [4.69, 9.17) is 0 Å². The summed E-state index contributed by atoms with van der Waals surface area (Å²) in [4.78, 5) is 26.8. The van der Waals surface area contributed by atoms with Gasteiger partial charge in [0.05, 0.1) is 26.8 Å². The number of nitrogens with zero attached hydrogens (tertiary/aromatic N) is 3. The van der Waals surface area contributed by atoms with Crippen molar-refractivity contribution in [2.75, 3.05) is 11.1 Å². The summed E-state index contributed by atoms with van der Waals surface area (Å²) in [5.74, 6) is -0.449. The Hall–Kier alpha value is -2.93. The minimum absolute atomic E-state index is 0.240. The molecule has 0 aliphatic carbocycles. The third-order valence-corrected chi connectivity index (χ3v) is 5.07. The molecule has 0 radical (unpaired) electrons. The number of anilines is 1. The number of halogens is 3. The monoisotopic (exact) mass is 429 g/mol. The first-order valence-corrected chi connectivity index (χ1v) is 9.35. The van der Waals surface area contributed by atoms with Crippen molar-refractivity contribution in [1.29, 1.82) is 0 Å². The molecule has 3 aromatic rings. The van der Waals surface area contributed by atoms with Crippen LogP contribution in [0.3, 0.4) is 0 Å². The number of H-pyrrole nitrogens is 1. The number of alkyl halides is 3. The van der Waals surface area contributed by atoms with Crippen molar-refractivity contribution >= 4 is 40.4 Å². The molecule has 28 heavy (non-hydrogen) atoms. The lowest BCUT2D eigenvalue weighted by Crippen LogP contribution is -2.18. The molecule has 2 aromatic heterocycles. The highest BCUT2D eigenvalue weighted by Gasteiger charge is 2.35. The Morgan fingerprint density at radius 1 is 1.36 bits per heavy atom. The zero-order chi connectivity index (χ0) is 20.3. The van der Waals surface area contributed by atoms with Crippen molar-refractivity contribution in [3.63, 3.8) is 0 Å². The predicted molar refractivity (Wildman–Crippen MR) is 97.1 cm³/mol. The Labute approximate surface area is 163 Å². The standard InChI is InChI=1S/C15H10F3N5O3S2/c16-15(17,18)9-6-8(23(25)26)3-4-10(9)19-12(24)7-28-14-20-13(21-22-14)11-2-1-5-27-11/h1-6H,7H2,(H,19,24)(H,20,21,22). The van der Waals surface area contributed by atoms with E-state index < -0.39 is 33.9 Å². The van der Waals surface area contributed by atoms with Gasteiger partial charge in [0.1, 0.15) is 0 Å². The van der Waals surface area contributed by atoms with Gasteiger partial charge in [-0.05, 0) is 17.5 Å². The topological polar surface area (TPSA) is 114 Å². The number of rotatable bonds is 6. The van der Waals surface area contributed by atoms with E-state index in [-0.39, 0.29) is 10.9 Å². The molecular formula is C15H10F3N5O3S2. The van der Waals surface area contributed by atoms with Gasteiger partial charge < -0.3 is 5.32 Å². The molecule has 0 unspecified atom stereocenters. The molecule has 0 spiro atoms. The first-order valence-electron chi connectivity index (χ1n) is 7.48. The number of nitro benzene ring substituents is 1. The van der Waals surface area contributed by atoms with E-state index in [1.165, 1.54) is 11.3 Å². The summed E-state index contributed by atoms with van der Waals surface area (Å²) in [5.41, 5.74) is -2.57. The largest absolute Gasteiger partial charge is 0.418 e. The number of non-ortho nitro benzene ring substituents is 1. The predicted octanol–water partition coefficient (Wildman–Crippen LogP) is 4.19. The number of thioether (sulfide) groups is 1. The van der Waals surface area contributed by atoms with Gasteiger partial charge in [-0.1, -0.05) is 17.8 Å². The van der Waals surface area contributed by atoms with Gasteiger partial charge in [0.15, 0.2) is 5.82 Å². The summed E-state index contributed by atoms with van der Waals surface area (Å²) in [5, 5.41) is 21.6. The van der Waals surface area contributed by atoms with E-state index in [2.05, 4.69) is 20.5 Å². The fourth-order valence-electron chi connectivity index (χ4n) is 2.14. The lowest BCUT2D eigenvalue weighted by atomic mass is 10.1. The zero-order valence-electron chi connectivity index (χ0n) is 13.7. The maximum Gasteiger partial charge on any atom is 0.418 e. The number of nitrogens with one attached hydrogen (secondary N) is 2. The molecule has 1 amide bonds. The normalized spacial score (nSPS) is 11.4. The van der Waals surface area contributed by atoms with Gasteiger partial charge in [-0.2, -0.15) is 13.2 Å². The third-order valence-electron chi connectivity index (χ3n) is 3.35. The first kappa shape index (κ1) is 19.8. The number of carbonyl (C=O) groups excluding carboxylic acids is 1. The zero-order valence-corrected chi connectivity index (χ0v) is 15.3. The van der Waals surface area contributed by atoms with Crippen LogP contribution in [0.25, 0.3) is 10.7 Å². The quantitative estimate of drug-likeness (QED) is 0.345. The second-order valence-electron chi connectivity index (χ2n) is 5.27. The summed E-state index contributed by atoms with van der Waals surface area (Å²) in [7, 11) is 0. The Morgan fingerprint density at radius 3 is 2.79 bits per heavy atom. The maximum atomic E-state index is 13.1. The number of thiophene rings is 1. The third kappa shape index (κ3) is 4.67. The van der Waals surface area contributed by atoms with Crippen LogP contribution in [0.5, 0.6) is 0 Å². The van der Waals surface area contributed by atoms with Gasteiger partial charge in [-0.25, -0.2) is 4.98 Å². The van der Waals surface area contributed by atoms with Gasteiger partial charge in [0.25, 0.3) is 5.69 Å². The lowest BCUT2D eigenvalue weighted by Gasteiger charge is -2.13. The van der Waals surface area contributed by atoms with Crippen LogP contribution in [-0.4, -0.2) is 31.8 Å². The molecule has 3 rings (SSSR count). The molecule has 1 aromatic carbocycles. The molecule has 0 saturated carbocycles. The fraction of sp³-hybridized carbons (Fsp3) is 0.133. The van der Waals surface area contributed by atoms with E-state index in [9.17, 15) is 28.1 Å². The van der Waals surface area contributed by atoms with Crippen LogP contribution in [0, 0.1) is 10.1 Å². The number of aromatic amines is 1. The van der Waals surface area contributed by atoms with Crippen molar-refractivity contribution in [2.45, 2.75) is 11.3 Å². The van der Waals surface area contributed by atoms with Gasteiger partial charge in [0.2, 0.25) is 11.1 Å². The first-order chi connectivity index (χ1) is 13.2. The molecule has 2 N–H and O–H groups in total. The van der Waals surface area contributed by atoms with Crippen LogP contribution in [0.2, 0.25) is 0 Å². The fourth-order valence-corrected chi connectivity index (χ4v) is 3.40. The number of aromatic nitrogens is 3. The summed E-state index contributed by atoms with van der Waals surface area (Å²) < 4.78 is 39.4. The van der Waals surface area contributed by atoms with Crippen LogP contribution in [0.4, 0.5) is 24.5 Å². The minimum Gasteiger partial charge on any atom is -0.325 e. The number of hydrogen-bond acceptors (Lipinski definition) is 7. The van der Waals surface area contributed by atoms with Crippen molar-refractivity contribution in [1.82, 2.24) is 15.2 Å². The Kier molecular flexibility index (Phi) is 5.65. The number of benzene rings is 1. The van der Waals surface area contributed by atoms with Crippen LogP contribution in [0.1, 0.15) is 5.56 Å². The lowest BCUT2D eigenvalue weighted by molar-refractivity contribution is -0.385. The van der Waals surface area contributed by atoms with E-state index >= 15 is 0 Å². The van der Waals surface area contributed by atoms with Gasteiger partial charge in [-0.15, -0.1) is 16.4 Å². The highest BCUT2D eigenvalue weighted by atomic mass is 32.2. The summed E-state index contributed by atoms with van der Waals surface area (Å²) in [6, 6.07) is 5.79. The molecule has 0 atom stereocenters. The second kappa shape index (κ2) is 7.98. The van der Waals surface area contributed by atoms with Crippen molar-refractivity contribution in [2.24, 2.45) is 0 Å². The van der Waals surface area contributed by atoms with Crippen molar-refractivity contribution < 1.29 is 22.9 Å². The van der Waals surface area contributed by atoms with E-state index in [1.807, 2.05) is 17.5 Å². The molecule has 0 saturated heterocycles. The minimum atomic E-state index is -4.86. The summed E-state index contributed by atoms with van der Waals surface area (Å²) >= 11 is 2.38. The molecule has 0 aliphatic rings. The summed E-state index contributed by atoms with van der Waals surface area (Å²) in [6.45, 7) is 0. The number of nitro groups is 1. The number of carbonyl (C=O) groups is 1. The number of amides is 1. The second-order valence-corrected chi connectivity index (χ2v) is 7.16. The van der Waals surface area contributed by atoms with Gasteiger partial charge in [-0.3, -0.25) is 20.0 Å². The summed E-state index contributed by atoms with van der Waals surface area (Å²) in [6.07, 6.45) is -4.86. The molecule has 8 nitrogen and oxygen atoms in total. The van der Waals surface area contributed by atoms with Crippen molar-refractivity contribution in [3.05, 3.63) is 51.4 Å². The molecule has 0 aliphatic heterocycles. The van der Waals surface area contributed by atoms with Crippen LogP contribution >= 0.6 is 23.1 Å². The highest BCUT2D eigenvalue weighted by Crippen LogP contribution is 2.37. The maximum absolute atomic E-state index is 13.1. The SMILES string of the molecule is O=C(CSc1n[nH]c(-c2cccs2)n1)Nc1ccc([N+](=O)[O-])cc1C(F)(F)F.